The van der Waals surface area contributed by atoms with Gasteiger partial charge in [0, 0.05) is 11.1 Å². The number of hydrogen-bond donors (Lipinski definition) is 2. The quantitative estimate of drug-likeness (QED) is 0.848. The van der Waals surface area contributed by atoms with E-state index in [0.29, 0.717) is 17.5 Å². The van der Waals surface area contributed by atoms with Gasteiger partial charge in [-0.25, -0.2) is 4.79 Å². The smallest absolute Gasteiger partial charge is 0.328 e. The number of aliphatic carboxylic acids is 1. The lowest BCUT2D eigenvalue weighted by Crippen LogP contribution is -2.49. The van der Waals surface area contributed by atoms with Crippen LogP contribution in [-0.2, 0) is 10.3 Å². The summed E-state index contributed by atoms with van der Waals surface area (Å²) in [6, 6.07) is 7.38. The van der Waals surface area contributed by atoms with Gasteiger partial charge in [-0.05, 0) is 37.0 Å². The maximum absolute atomic E-state index is 11.6. The Labute approximate surface area is 106 Å². The zero-order chi connectivity index (χ0) is 12.5. The van der Waals surface area contributed by atoms with E-state index in [1.165, 1.54) is 0 Å². The van der Waals surface area contributed by atoms with Gasteiger partial charge in [0.2, 0.25) is 0 Å². The molecule has 92 valence electrons. The molecule has 1 saturated carbocycles. The fraction of sp³-hybridized carbons (Fsp3) is 0.462. The number of carbonyl (C=O) groups is 1. The molecule has 4 heteroatoms. The van der Waals surface area contributed by atoms with Crippen LogP contribution in [0.5, 0.6) is 0 Å². The zero-order valence-electron chi connectivity index (χ0n) is 9.74. The second-order valence-corrected chi connectivity index (χ2v) is 4.93. The predicted octanol–water partition coefficient (Wildman–Crippen LogP) is 2.78. The van der Waals surface area contributed by atoms with Gasteiger partial charge >= 0.3 is 5.97 Å². The Morgan fingerprint density at radius 1 is 1.47 bits per heavy atom. The first-order valence-electron chi connectivity index (χ1n) is 5.85. The van der Waals surface area contributed by atoms with Gasteiger partial charge in [-0.2, -0.15) is 0 Å². The van der Waals surface area contributed by atoms with Crippen molar-refractivity contribution < 1.29 is 9.90 Å². The maximum atomic E-state index is 11.6. The third-order valence-electron chi connectivity index (χ3n) is 3.26. The lowest BCUT2D eigenvalue weighted by atomic mass is 9.87. The minimum absolute atomic E-state index is 0.335. The molecule has 2 N–H and O–H groups in total. The lowest BCUT2D eigenvalue weighted by Gasteiger charge is -2.30. The molecule has 0 radical (unpaired) electrons. The minimum Gasteiger partial charge on any atom is -0.480 e. The van der Waals surface area contributed by atoms with Crippen molar-refractivity contribution in [2.24, 2.45) is 0 Å². The van der Waals surface area contributed by atoms with E-state index in [-0.39, 0.29) is 0 Å². The first kappa shape index (κ1) is 12.4. The van der Waals surface area contributed by atoms with Crippen LogP contribution in [0.15, 0.2) is 24.3 Å². The Morgan fingerprint density at radius 3 is 2.47 bits per heavy atom. The lowest BCUT2D eigenvalue weighted by molar-refractivity contribution is -0.145. The Hall–Kier alpha value is -1.06. The molecule has 1 aliphatic rings. The highest BCUT2D eigenvalue weighted by Gasteiger charge is 2.42. The maximum Gasteiger partial charge on any atom is 0.328 e. The van der Waals surface area contributed by atoms with E-state index in [0.717, 1.165) is 18.4 Å². The summed E-state index contributed by atoms with van der Waals surface area (Å²) in [7, 11) is 0. The van der Waals surface area contributed by atoms with Crippen molar-refractivity contribution in [1.29, 1.82) is 0 Å². The van der Waals surface area contributed by atoms with Gasteiger partial charge in [-0.15, -0.1) is 0 Å². The number of rotatable bonds is 5. The Morgan fingerprint density at radius 2 is 2.06 bits per heavy atom. The third kappa shape index (κ3) is 2.45. The second kappa shape index (κ2) is 4.67. The molecule has 3 nitrogen and oxygen atoms in total. The van der Waals surface area contributed by atoms with Crippen molar-refractivity contribution in [3.05, 3.63) is 34.9 Å². The molecule has 0 aliphatic heterocycles. The van der Waals surface area contributed by atoms with Gasteiger partial charge in [-0.1, -0.05) is 30.7 Å². The van der Waals surface area contributed by atoms with Crippen molar-refractivity contribution in [2.45, 2.75) is 37.8 Å². The summed E-state index contributed by atoms with van der Waals surface area (Å²) in [5.74, 6) is -0.825. The molecule has 1 aromatic rings. The van der Waals surface area contributed by atoms with Gasteiger partial charge in [0.1, 0.15) is 5.54 Å². The van der Waals surface area contributed by atoms with Gasteiger partial charge in [0.25, 0.3) is 0 Å². The first-order chi connectivity index (χ1) is 8.08. The molecule has 0 bridgehead atoms. The largest absolute Gasteiger partial charge is 0.480 e. The number of hydrogen-bond acceptors (Lipinski definition) is 2. The number of carboxylic acid groups (broad SMARTS) is 1. The molecule has 0 heterocycles. The van der Waals surface area contributed by atoms with Gasteiger partial charge in [0.15, 0.2) is 0 Å². The van der Waals surface area contributed by atoms with Crippen LogP contribution in [-0.4, -0.2) is 17.1 Å². The molecule has 2 rings (SSSR count). The van der Waals surface area contributed by atoms with E-state index in [2.05, 4.69) is 5.32 Å². The van der Waals surface area contributed by atoms with Crippen molar-refractivity contribution in [2.75, 3.05) is 0 Å². The average Bonchev–Trinajstić information content (AvgIpc) is 3.10. The summed E-state index contributed by atoms with van der Waals surface area (Å²) in [6.07, 6.45) is 2.63. The molecule has 17 heavy (non-hydrogen) atoms. The van der Waals surface area contributed by atoms with Crippen LogP contribution in [0.4, 0.5) is 0 Å². The van der Waals surface area contributed by atoms with E-state index in [4.69, 9.17) is 11.6 Å². The SMILES string of the molecule is CCC(NC1CC1)(C(=O)O)c1ccc(Cl)cc1. The summed E-state index contributed by atoms with van der Waals surface area (Å²) in [4.78, 5) is 11.6. The molecule has 1 unspecified atom stereocenters. The van der Waals surface area contributed by atoms with Crippen molar-refractivity contribution in [1.82, 2.24) is 5.32 Å². The molecule has 0 aromatic heterocycles. The standard InChI is InChI=1S/C13H16ClNO2/c1-2-13(12(16)17,15-11-7-8-11)9-3-5-10(14)6-4-9/h3-6,11,15H,2,7-8H2,1H3,(H,16,17). The third-order valence-corrected chi connectivity index (χ3v) is 3.51. The molecule has 1 aromatic carbocycles. The Bertz CT molecular complexity index is 414. The van der Waals surface area contributed by atoms with Crippen LogP contribution < -0.4 is 5.32 Å². The van der Waals surface area contributed by atoms with Crippen molar-refractivity contribution in [3.63, 3.8) is 0 Å². The molecule has 1 atom stereocenters. The zero-order valence-corrected chi connectivity index (χ0v) is 10.5. The Balaban J connectivity index is 2.36. The highest BCUT2D eigenvalue weighted by atomic mass is 35.5. The monoisotopic (exact) mass is 253 g/mol. The molecular formula is C13H16ClNO2. The number of halogens is 1. The van der Waals surface area contributed by atoms with Crippen LogP contribution in [0, 0.1) is 0 Å². The topological polar surface area (TPSA) is 49.3 Å². The van der Waals surface area contributed by atoms with E-state index in [1.54, 1.807) is 24.3 Å². The normalized spacial score (nSPS) is 18.7. The number of benzene rings is 1. The summed E-state index contributed by atoms with van der Waals surface area (Å²) >= 11 is 5.83. The summed E-state index contributed by atoms with van der Waals surface area (Å²) < 4.78 is 0. The molecule has 0 saturated heterocycles. The average molecular weight is 254 g/mol. The molecule has 0 amide bonds. The number of carboxylic acids is 1. The van der Waals surface area contributed by atoms with Crippen molar-refractivity contribution in [3.8, 4) is 0 Å². The Kier molecular flexibility index (Phi) is 3.40. The van der Waals surface area contributed by atoms with Crippen LogP contribution in [0.25, 0.3) is 0 Å². The summed E-state index contributed by atoms with van der Waals surface area (Å²) in [6.45, 7) is 1.89. The van der Waals surface area contributed by atoms with E-state index < -0.39 is 11.5 Å². The number of nitrogens with one attached hydrogen (secondary N) is 1. The van der Waals surface area contributed by atoms with Crippen LogP contribution in [0.3, 0.4) is 0 Å². The van der Waals surface area contributed by atoms with Crippen molar-refractivity contribution >= 4 is 17.6 Å². The predicted molar refractivity (Wildman–Crippen MR) is 67.2 cm³/mol. The fourth-order valence-corrected chi connectivity index (χ4v) is 2.16. The molecule has 1 fully saturated rings. The second-order valence-electron chi connectivity index (χ2n) is 4.49. The first-order valence-corrected chi connectivity index (χ1v) is 6.23. The van der Waals surface area contributed by atoms with Crippen LogP contribution in [0.1, 0.15) is 31.7 Å². The summed E-state index contributed by atoms with van der Waals surface area (Å²) in [5.41, 5.74) is -0.213. The van der Waals surface area contributed by atoms with Crippen LogP contribution in [0.2, 0.25) is 5.02 Å². The minimum atomic E-state index is -0.980. The van der Waals surface area contributed by atoms with E-state index in [1.807, 2.05) is 6.92 Å². The highest BCUT2D eigenvalue weighted by Crippen LogP contribution is 2.32. The molecule has 1 aliphatic carbocycles. The van der Waals surface area contributed by atoms with Gasteiger partial charge in [-0.3, -0.25) is 5.32 Å². The fourth-order valence-electron chi connectivity index (χ4n) is 2.04. The molecular weight excluding hydrogens is 238 g/mol. The molecule has 0 spiro atoms. The van der Waals surface area contributed by atoms with Crippen LogP contribution >= 0.6 is 11.6 Å². The van der Waals surface area contributed by atoms with E-state index in [9.17, 15) is 9.90 Å². The highest BCUT2D eigenvalue weighted by molar-refractivity contribution is 6.30. The van der Waals surface area contributed by atoms with Gasteiger partial charge < -0.3 is 5.11 Å². The van der Waals surface area contributed by atoms with E-state index >= 15 is 0 Å². The van der Waals surface area contributed by atoms with Gasteiger partial charge in [0.05, 0.1) is 0 Å². The summed E-state index contributed by atoms with van der Waals surface area (Å²) in [5, 5.41) is 13.4.